The van der Waals surface area contributed by atoms with Crippen molar-refractivity contribution in [3.63, 3.8) is 0 Å². The van der Waals surface area contributed by atoms with Gasteiger partial charge in [-0.1, -0.05) is 24.1 Å². The molecule has 0 saturated heterocycles. The van der Waals surface area contributed by atoms with E-state index in [-0.39, 0.29) is 12.5 Å². The van der Waals surface area contributed by atoms with Gasteiger partial charge in [-0.2, -0.15) is 0 Å². The SMILES string of the molecule is Cc1ccc(Cl)cc1NC(=O)NCCCCCC(=O)O. The molecule has 0 aliphatic heterocycles. The zero-order chi connectivity index (χ0) is 15.0. The van der Waals surface area contributed by atoms with Crippen molar-refractivity contribution >= 4 is 29.3 Å². The number of carbonyl (C=O) groups excluding carboxylic acids is 1. The molecule has 0 radical (unpaired) electrons. The van der Waals surface area contributed by atoms with Crippen LogP contribution in [0.15, 0.2) is 18.2 Å². The predicted octanol–water partition coefficient (Wildman–Crippen LogP) is 3.41. The summed E-state index contributed by atoms with van der Waals surface area (Å²) in [6.07, 6.45) is 2.35. The van der Waals surface area contributed by atoms with Gasteiger partial charge < -0.3 is 15.7 Å². The minimum Gasteiger partial charge on any atom is -0.481 e. The highest BCUT2D eigenvalue weighted by molar-refractivity contribution is 6.31. The molecule has 0 unspecified atom stereocenters. The van der Waals surface area contributed by atoms with Crippen LogP contribution in [0.1, 0.15) is 31.2 Å². The van der Waals surface area contributed by atoms with Crippen molar-refractivity contribution in [3.05, 3.63) is 28.8 Å². The van der Waals surface area contributed by atoms with Gasteiger partial charge in [-0.15, -0.1) is 0 Å². The lowest BCUT2D eigenvalue weighted by Crippen LogP contribution is -2.29. The minimum absolute atomic E-state index is 0.175. The van der Waals surface area contributed by atoms with Crippen LogP contribution in [0.25, 0.3) is 0 Å². The molecule has 110 valence electrons. The molecule has 2 amide bonds. The van der Waals surface area contributed by atoms with Gasteiger partial charge in [0, 0.05) is 23.7 Å². The molecule has 6 heteroatoms. The summed E-state index contributed by atoms with van der Waals surface area (Å²) in [4.78, 5) is 22.0. The van der Waals surface area contributed by atoms with E-state index in [4.69, 9.17) is 16.7 Å². The fourth-order valence-corrected chi connectivity index (χ4v) is 1.85. The van der Waals surface area contributed by atoms with Crippen LogP contribution in [0.5, 0.6) is 0 Å². The van der Waals surface area contributed by atoms with Gasteiger partial charge in [0.25, 0.3) is 0 Å². The molecule has 0 aliphatic rings. The van der Waals surface area contributed by atoms with Crippen molar-refractivity contribution in [1.29, 1.82) is 0 Å². The number of carboxylic acids is 1. The molecule has 0 atom stereocenters. The third kappa shape index (κ3) is 6.43. The maximum Gasteiger partial charge on any atom is 0.319 e. The van der Waals surface area contributed by atoms with Crippen LogP contribution in [0.3, 0.4) is 0 Å². The number of rotatable bonds is 7. The predicted molar refractivity (Wildman–Crippen MR) is 79.3 cm³/mol. The molecule has 0 aliphatic carbocycles. The summed E-state index contributed by atoms with van der Waals surface area (Å²) in [5, 5.41) is 14.5. The normalized spacial score (nSPS) is 10.1. The van der Waals surface area contributed by atoms with Gasteiger partial charge in [0.2, 0.25) is 0 Å². The Morgan fingerprint density at radius 2 is 2.00 bits per heavy atom. The Morgan fingerprint density at radius 1 is 1.25 bits per heavy atom. The molecule has 0 heterocycles. The fraction of sp³-hybridized carbons (Fsp3) is 0.429. The largest absolute Gasteiger partial charge is 0.481 e. The van der Waals surface area contributed by atoms with Gasteiger partial charge in [0.05, 0.1) is 0 Å². The number of aryl methyl sites for hydroxylation is 1. The van der Waals surface area contributed by atoms with E-state index in [0.717, 1.165) is 18.4 Å². The first-order chi connectivity index (χ1) is 9.49. The van der Waals surface area contributed by atoms with Gasteiger partial charge in [-0.05, 0) is 37.5 Å². The minimum atomic E-state index is -0.785. The number of anilines is 1. The second-order valence-corrected chi connectivity index (χ2v) is 4.98. The number of amides is 2. The van der Waals surface area contributed by atoms with E-state index in [2.05, 4.69) is 10.6 Å². The summed E-state index contributed by atoms with van der Waals surface area (Å²) in [7, 11) is 0. The molecule has 0 fully saturated rings. The van der Waals surface area contributed by atoms with Crippen LogP contribution in [-0.2, 0) is 4.79 Å². The number of carbonyl (C=O) groups is 2. The summed E-state index contributed by atoms with van der Waals surface area (Å²) in [5.41, 5.74) is 1.62. The first kappa shape index (κ1) is 16.3. The lowest BCUT2D eigenvalue weighted by molar-refractivity contribution is -0.137. The summed E-state index contributed by atoms with van der Waals surface area (Å²) < 4.78 is 0. The highest BCUT2D eigenvalue weighted by atomic mass is 35.5. The van der Waals surface area contributed by atoms with E-state index in [1.807, 2.05) is 13.0 Å². The summed E-state index contributed by atoms with van der Waals surface area (Å²) >= 11 is 5.87. The van der Waals surface area contributed by atoms with Gasteiger partial charge >= 0.3 is 12.0 Å². The topological polar surface area (TPSA) is 78.4 Å². The third-order valence-corrected chi connectivity index (χ3v) is 3.04. The molecule has 1 rings (SSSR count). The Hall–Kier alpha value is -1.75. The average Bonchev–Trinajstić information content (AvgIpc) is 2.37. The Morgan fingerprint density at radius 3 is 2.70 bits per heavy atom. The van der Waals surface area contributed by atoms with E-state index in [1.165, 1.54) is 0 Å². The van der Waals surface area contributed by atoms with Crippen LogP contribution in [-0.4, -0.2) is 23.7 Å². The molecular formula is C14H19ClN2O3. The van der Waals surface area contributed by atoms with Crippen LogP contribution in [0.4, 0.5) is 10.5 Å². The van der Waals surface area contributed by atoms with E-state index >= 15 is 0 Å². The number of aliphatic carboxylic acids is 1. The summed E-state index contributed by atoms with van der Waals surface area (Å²) in [5.74, 6) is -0.785. The highest BCUT2D eigenvalue weighted by Gasteiger charge is 2.04. The first-order valence-corrected chi connectivity index (χ1v) is 6.89. The molecule has 1 aromatic carbocycles. The van der Waals surface area contributed by atoms with Crippen LogP contribution in [0, 0.1) is 6.92 Å². The number of nitrogens with one attached hydrogen (secondary N) is 2. The van der Waals surface area contributed by atoms with Gasteiger partial charge in [-0.3, -0.25) is 4.79 Å². The molecule has 20 heavy (non-hydrogen) atoms. The molecular weight excluding hydrogens is 280 g/mol. The van der Waals surface area contributed by atoms with Crippen LogP contribution < -0.4 is 10.6 Å². The van der Waals surface area contributed by atoms with Crippen molar-refractivity contribution in [2.24, 2.45) is 0 Å². The number of benzene rings is 1. The van der Waals surface area contributed by atoms with Crippen molar-refractivity contribution in [2.45, 2.75) is 32.6 Å². The maximum absolute atomic E-state index is 11.7. The number of halogens is 1. The van der Waals surface area contributed by atoms with E-state index in [0.29, 0.717) is 23.7 Å². The monoisotopic (exact) mass is 298 g/mol. The molecule has 3 N–H and O–H groups in total. The zero-order valence-corrected chi connectivity index (χ0v) is 12.2. The molecule has 1 aromatic rings. The molecule has 0 saturated carbocycles. The second kappa shape index (κ2) is 8.43. The van der Waals surface area contributed by atoms with Gasteiger partial charge in [0.15, 0.2) is 0 Å². The number of carboxylic acid groups (broad SMARTS) is 1. The van der Waals surface area contributed by atoms with Crippen LogP contribution in [0.2, 0.25) is 5.02 Å². The quantitative estimate of drug-likeness (QED) is 0.675. The Balaban J connectivity index is 2.23. The molecule has 5 nitrogen and oxygen atoms in total. The van der Waals surface area contributed by atoms with E-state index in [1.54, 1.807) is 12.1 Å². The molecule has 0 bridgehead atoms. The lowest BCUT2D eigenvalue weighted by Gasteiger charge is -2.10. The Kier molecular flexibility index (Phi) is 6.87. The van der Waals surface area contributed by atoms with Crippen LogP contribution >= 0.6 is 11.6 Å². The Bertz CT molecular complexity index is 477. The number of unbranched alkanes of at least 4 members (excludes halogenated alkanes) is 2. The van der Waals surface area contributed by atoms with Crippen molar-refractivity contribution in [2.75, 3.05) is 11.9 Å². The average molecular weight is 299 g/mol. The number of urea groups is 1. The summed E-state index contributed by atoms with van der Waals surface area (Å²) in [6.45, 7) is 2.41. The van der Waals surface area contributed by atoms with Crippen molar-refractivity contribution in [3.8, 4) is 0 Å². The first-order valence-electron chi connectivity index (χ1n) is 6.52. The standard InChI is InChI=1S/C14H19ClN2O3/c1-10-6-7-11(15)9-12(10)17-14(20)16-8-4-2-3-5-13(18)19/h6-7,9H,2-5,8H2,1H3,(H,18,19)(H2,16,17,20). The third-order valence-electron chi connectivity index (χ3n) is 2.80. The number of hydrogen-bond donors (Lipinski definition) is 3. The Labute approximate surface area is 123 Å². The van der Waals surface area contributed by atoms with Crippen molar-refractivity contribution < 1.29 is 14.7 Å². The molecule has 0 spiro atoms. The van der Waals surface area contributed by atoms with Gasteiger partial charge in [0.1, 0.15) is 0 Å². The zero-order valence-electron chi connectivity index (χ0n) is 11.4. The van der Waals surface area contributed by atoms with Crippen molar-refractivity contribution in [1.82, 2.24) is 5.32 Å². The van der Waals surface area contributed by atoms with Gasteiger partial charge in [-0.25, -0.2) is 4.79 Å². The lowest BCUT2D eigenvalue weighted by atomic mass is 10.2. The maximum atomic E-state index is 11.7. The van der Waals surface area contributed by atoms with E-state index < -0.39 is 5.97 Å². The fourth-order valence-electron chi connectivity index (χ4n) is 1.68. The highest BCUT2D eigenvalue weighted by Crippen LogP contribution is 2.19. The second-order valence-electron chi connectivity index (χ2n) is 4.54. The summed E-state index contributed by atoms with van der Waals surface area (Å²) in [6, 6.07) is 5.02. The van der Waals surface area contributed by atoms with E-state index in [9.17, 15) is 9.59 Å². The number of hydrogen-bond acceptors (Lipinski definition) is 2. The smallest absolute Gasteiger partial charge is 0.319 e. The molecule has 0 aromatic heterocycles.